The van der Waals surface area contributed by atoms with Crippen LogP contribution < -0.4 is 10.2 Å². The van der Waals surface area contributed by atoms with Gasteiger partial charge in [-0.15, -0.1) is 11.3 Å². The quantitative estimate of drug-likeness (QED) is 0.561. The zero-order valence-electron chi connectivity index (χ0n) is 14.4. The van der Waals surface area contributed by atoms with Crippen LogP contribution in [0.1, 0.15) is 34.7 Å². The lowest BCUT2D eigenvalue weighted by Gasteiger charge is -2.11. The molecule has 2 heterocycles. The number of ether oxygens (including phenoxy) is 1. The molecule has 6 heteroatoms. The van der Waals surface area contributed by atoms with E-state index in [-0.39, 0.29) is 0 Å². The number of hydrazone groups is 1. The predicted molar refractivity (Wildman–Crippen MR) is 103 cm³/mol. The molecule has 1 aliphatic carbocycles. The average molecular weight is 352 g/mol. The van der Waals surface area contributed by atoms with Gasteiger partial charge in [-0.2, -0.15) is 5.10 Å². The third-order valence-corrected chi connectivity index (χ3v) is 5.61. The highest BCUT2D eigenvalue weighted by molar-refractivity contribution is 7.19. The van der Waals surface area contributed by atoms with Crippen molar-refractivity contribution in [3.8, 4) is 5.75 Å². The van der Waals surface area contributed by atoms with E-state index in [9.17, 15) is 0 Å². The molecule has 0 saturated carbocycles. The summed E-state index contributed by atoms with van der Waals surface area (Å²) in [4.78, 5) is 11.8. The molecule has 128 valence electrons. The maximum absolute atomic E-state index is 5.17. The Morgan fingerprint density at radius 1 is 1.16 bits per heavy atom. The molecule has 25 heavy (non-hydrogen) atoms. The highest BCUT2D eigenvalue weighted by atomic mass is 32.1. The van der Waals surface area contributed by atoms with E-state index in [1.807, 2.05) is 31.2 Å². The fourth-order valence-electron chi connectivity index (χ4n) is 3.20. The molecule has 2 aromatic heterocycles. The Morgan fingerprint density at radius 2 is 1.96 bits per heavy atom. The third kappa shape index (κ3) is 3.22. The van der Waals surface area contributed by atoms with Crippen LogP contribution in [-0.4, -0.2) is 23.3 Å². The lowest BCUT2D eigenvalue weighted by molar-refractivity contribution is 0.415. The number of nitrogens with one attached hydrogen (secondary N) is 1. The number of benzene rings is 1. The maximum atomic E-state index is 5.17. The van der Waals surface area contributed by atoms with Crippen molar-refractivity contribution < 1.29 is 4.74 Å². The summed E-state index contributed by atoms with van der Waals surface area (Å²) in [6, 6.07) is 7.78. The number of anilines is 1. The van der Waals surface area contributed by atoms with Gasteiger partial charge in [-0.1, -0.05) is 0 Å². The van der Waals surface area contributed by atoms with Gasteiger partial charge in [0.1, 0.15) is 16.4 Å². The summed E-state index contributed by atoms with van der Waals surface area (Å²) in [6.07, 6.45) is 6.57. The second-order valence-electron chi connectivity index (χ2n) is 6.15. The number of nitrogens with zero attached hydrogens (tertiary/aromatic N) is 3. The molecule has 0 atom stereocenters. The Balaban J connectivity index is 1.64. The minimum Gasteiger partial charge on any atom is -0.497 e. The smallest absolute Gasteiger partial charge is 0.158 e. The zero-order chi connectivity index (χ0) is 17.2. The molecule has 5 nitrogen and oxygen atoms in total. The van der Waals surface area contributed by atoms with E-state index < -0.39 is 0 Å². The van der Waals surface area contributed by atoms with Crippen LogP contribution >= 0.6 is 11.3 Å². The van der Waals surface area contributed by atoms with Crippen molar-refractivity contribution in [2.45, 2.75) is 32.6 Å². The molecular weight excluding hydrogens is 332 g/mol. The molecule has 0 unspecified atom stereocenters. The van der Waals surface area contributed by atoms with Crippen LogP contribution in [0, 0.1) is 6.92 Å². The fraction of sp³-hybridized carbons (Fsp3) is 0.316. The summed E-state index contributed by atoms with van der Waals surface area (Å²) in [7, 11) is 1.66. The maximum Gasteiger partial charge on any atom is 0.158 e. The normalized spacial score (nSPS) is 14.0. The summed E-state index contributed by atoms with van der Waals surface area (Å²) in [6.45, 7) is 1.93. The molecule has 4 rings (SSSR count). The summed E-state index contributed by atoms with van der Waals surface area (Å²) in [5.41, 5.74) is 5.55. The van der Waals surface area contributed by atoms with E-state index in [4.69, 9.17) is 4.74 Å². The SMILES string of the molecule is COc1ccc(/C=N/Nc2nc(C)nc3sc4c(c23)CCCC4)cc1. The molecular formula is C19H20N4OS. The number of thiophene rings is 1. The van der Waals surface area contributed by atoms with E-state index in [0.29, 0.717) is 0 Å². The van der Waals surface area contributed by atoms with Gasteiger partial charge in [0.05, 0.1) is 18.7 Å². The molecule has 1 N–H and O–H groups in total. The van der Waals surface area contributed by atoms with Gasteiger partial charge in [0.15, 0.2) is 5.82 Å². The van der Waals surface area contributed by atoms with Gasteiger partial charge in [0, 0.05) is 4.88 Å². The van der Waals surface area contributed by atoms with Gasteiger partial charge >= 0.3 is 0 Å². The second kappa shape index (κ2) is 6.80. The monoisotopic (exact) mass is 352 g/mol. The fourth-order valence-corrected chi connectivity index (χ4v) is 4.51. The molecule has 3 aromatic rings. The number of hydrogen-bond donors (Lipinski definition) is 1. The Labute approximate surface area is 150 Å². The molecule has 0 bridgehead atoms. The van der Waals surface area contributed by atoms with E-state index in [1.165, 1.54) is 23.3 Å². The van der Waals surface area contributed by atoms with Crippen LogP contribution in [0.15, 0.2) is 29.4 Å². The minimum absolute atomic E-state index is 0.772. The van der Waals surface area contributed by atoms with Crippen LogP contribution in [0.4, 0.5) is 5.82 Å². The number of methoxy groups -OCH3 is 1. The molecule has 1 aliphatic rings. The van der Waals surface area contributed by atoms with E-state index in [1.54, 1.807) is 24.7 Å². The second-order valence-corrected chi connectivity index (χ2v) is 7.24. The first-order valence-corrected chi connectivity index (χ1v) is 9.28. The molecule has 0 spiro atoms. The van der Waals surface area contributed by atoms with Crippen LogP contribution in [-0.2, 0) is 12.8 Å². The number of hydrogen-bond acceptors (Lipinski definition) is 6. The molecule has 0 amide bonds. The summed E-state index contributed by atoms with van der Waals surface area (Å²) in [5, 5.41) is 5.54. The largest absolute Gasteiger partial charge is 0.497 e. The number of aryl methyl sites for hydroxylation is 3. The van der Waals surface area contributed by atoms with Gasteiger partial charge in [0.2, 0.25) is 0 Å². The van der Waals surface area contributed by atoms with Crippen molar-refractivity contribution in [1.29, 1.82) is 0 Å². The van der Waals surface area contributed by atoms with Crippen molar-refractivity contribution in [2.24, 2.45) is 5.10 Å². The van der Waals surface area contributed by atoms with Crippen molar-refractivity contribution >= 4 is 33.6 Å². The first kappa shape index (κ1) is 16.0. The van der Waals surface area contributed by atoms with Crippen LogP contribution in [0.5, 0.6) is 5.75 Å². The topological polar surface area (TPSA) is 59.4 Å². The van der Waals surface area contributed by atoms with Gasteiger partial charge in [-0.25, -0.2) is 9.97 Å². The molecule has 0 saturated heterocycles. The molecule has 0 radical (unpaired) electrons. The van der Waals surface area contributed by atoms with Gasteiger partial charge < -0.3 is 4.74 Å². The predicted octanol–water partition coefficient (Wildman–Crippen LogP) is 4.33. The number of aromatic nitrogens is 2. The Hall–Kier alpha value is -2.47. The Kier molecular flexibility index (Phi) is 4.36. The number of rotatable bonds is 4. The lowest BCUT2D eigenvalue weighted by atomic mass is 9.97. The molecule has 0 fully saturated rings. The van der Waals surface area contributed by atoms with E-state index in [2.05, 4.69) is 20.5 Å². The van der Waals surface area contributed by atoms with Gasteiger partial charge in [-0.05, 0) is 68.0 Å². The Morgan fingerprint density at radius 3 is 2.76 bits per heavy atom. The van der Waals surface area contributed by atoms with Crippen molar-refractivity contribution in [3.05, 3.63) is 46.1 Å². The minimum atomic E-state index is 0.772. The first-order valence-electron chi connectivity index (χ1n) is 8.46. The first-order chi connectivity index (χ1) is 12.2. The van der Waals surface area contributed by atoms with Crippen LogP contribution in [0.3, 0.4) is 0 Å². The van der Waals surface area contributed by atoms with Crippen LogP contribution in [0.25, 0.3) is 10.2 Å². The number of fused-ring (bicyclic) bond motifs is 3. The molecule has 1 aromatic carbocycles. The third-order valence-electron chi connectivity index (χ3n) is 4.43. The standard InChI is InChI=1S/C19H20N4OS/c1-12-21-18(23-20-11-13-7-9-14(24-2)10-8-13)17-15-5-3-4-6-16(15)25-19(17)22-12/h7-11H,3-6H2,1-2H3,(H,21,22,23)/b20-11+. The summed E-state index contributed by atoms with van der Waals surface area (Å²) in [5.74, 6) is 2.42. The highest BCUT2D eigenvalue weighted by Gasteiger charge is 2.20. The summed E-state index contributed by atoms with van der Waals surface area (Å²) >= 11 is 1.81. The van der Waals surface area contributed by atoms with Gasteiger partial charge in [-0.3, -0.25) is 5.43 Å². The molecule has 0 aliphatic heterocycles. The van der Waals surface area contributed by atoms with Crippen LogP contribution in [0.2, 0.25) is 0 Å². The van der Waals surface area contributed by atoms with Gasteiger partial charge in [0.25, 0.3) is 0 Å². The average Bonchev–Trinajstić information content (AvgIpc) is 3.00. The zero-order valence-corrected chi connectivity index (χ0v) is 15.2. The van der Waals surface area contributed by atoms with E-state index >= 15 is 0 Å². The van der Waals surface area contributed by atoms with Crippen molar-refractivity contribution in [1.82, 2.24) is 9.97 Å². The van der Waals surface area contributed by atoms with Crippen molar-refractivity contribution in [2.75, 3.05) is 12.5 Å². The Bertz CT molecular complexity index is 931. The van der Waals surface area contributed by atoms with Crippen molar-refractivity contribution in [3.63, 3.8) is 0 Å². The van der Waals surface area contributed by atoms with E-state index in [0.717, 1.165) is 46.0 Å². The lowest BCUT2D eigenvalue weighted by Crippen LogP contribution is -2.02. The summed E-state index contributed by atoms with van der Waals surface area (Å²) < 4.78 is 5.17. The highest BCUT2D eigenvalue weighted by Crippen LogP contribution is 2.38.